The highest BCUT2D eigenvalue weighted by Gasteiger charge is 2.15. The number of amides is 1. The van der Waals surface area contributed by atoms with Gasteiger partial charge in [-0.3, -0.25) is 14.2 Å². The number of nitrogens with one attached hydrogen (secondary N) is 1. The van der Waals surface area contributed by atoms with E-state index in [2.05, 4.69) is 15.5 Å². The molecule has 0 unspecified atom stereocenters. The van der Waals surface area contributed by atoms with Crippen LogP contribution in [0.15, 0.2) is 87.8 Å². The van der Waals surface area contributed by atoms with Crippen molar-refractivity contribution < 1.29 is 14.3 Å². The predicted molar refractivity (Wildman–Crippen MR) is 138 cm³/mol. The summed E-state index contributed by atoms with van der Waals surface area (Å²) in [6.07, 6.45) is 0. The highest BCUT2D eigenvalue weighted by molar-refractivity contribution is 7.99. The molecule has 0 spiro atoms. The van der Waals surface area contributed by atoms with Crippen molar-refractivity contribution in [2.75, 3.05) is 20.0 Å². The first-order valence-electron chi connectivity index (χ1n) is 10.8. The van der Waals surface area contributed by atoms with Gasteiger partial charge in [0.15, 0.2) is 5.16 Å². The van der Waals surface area contributed by atoms with Crippen LogP contribution in [0.2, 0.25) is 0 Å². The highest BCUT2D eigenvalue weighted by atomic mass is 32.2. The van der Waals surface area contributed by atoms with Gasteiger partial charge in [0.2, 0.25) is 0 Å². The number of thioether (sulfide) groups is 1. The van der Waals surface area contributed by atoms with E-state index < -0.39 is 0 Å². The Morgan fingerprint density at radius 3 is 2.49 bits per heavy atom. The number of nitrogens with zero attached hydrogens (tertiary/aromatic N) is 3. The number of benzene rings is 3. The molecule has 1 aromatic heterocycles. The molecule has 0 saturated heterocycles. The Hall–Kier alpha value is -4.11. The van der Waals surface area contributed by atoms with Gasteiger partial charge in [-0.05, 0) is 55.5 Å². The van der Waals surface area contributed by atoms with Crippen LogP contribution in [0.4, 0.5) is 0 Å². The zero-order chi connectivity index (χ0) is 24.8. The van der Waals surface area contributed by atoms with Gasteiger partial charge in [0.1, 0.15) is 11.5 Å². The summed E-state index contributed by atoms with van der Waals surface area (Å²) in [7, 11) is 3.17. The van der Waals surface area contributed by atoms with Gasteiger partial charge in [0.25, 0.3) is 11.5 Å². The summed E-state index contributed by atoms with van der Waals surface area (Å²) in [4.78, 5) is 30.5. The van der Waals surface area contributed by atoms with Crippen LogP contribution in [-0.4, -0.2) is 41.1 Å². The lowest BCUT2D eigenvalue weighted by Crippen LogP contribution is -2.24. The van der Waals surface area contributed by atoms with E-state index in [1.165, 1.54) is 4.57 Å². The van der Waals surface area contributed by atoms with Gasteiger partial charge in [-0.25, -0.2) is 10.4 Å². The molecule has 0 radical (unpaired) electrons. The van der Waals surface area contributed by atoms with Crippen LogP contribution in [0.1, 0.15) is 12.5 Å². The van der Waals surface area contributed by atoms with E-state index in [9.17, 15) is 9.59 Å². The van der Waals surface area contributed by atoms with Crippen LogP contribution in [0.3, 0.4) is 0 Å². The summed E-state index contributed by atoms with van der Waals surface area (Å²) in [6, 6.07) is 21.7. The number of hydrogen-bond acceptors (Lipinski definition) is 7. The molecule has 0 atom stereocenters. The molecule has 1 N–H and O–H groups in total. The molecule has 0 saturated carbocycles. The molecule has 9 heteroatoms. The summed E-state index contributed by atoms with van der Waals surface area (Å²) >= 11 is 1.16. The first-order valence-corrected chi connectivity index (χ1v) is 11.8. The fourth-order valence-corrected chi connectivity index (χ4v) is 4.19. The second-order valence-corrected chi connectivity index (χ2v) is 8.45. The lowest BCUT2D eigenvalue weighted by Gasteiger charge is -2.13. The number of para-hydroxylation sites is 1. The van der Waals surface area contributed by atoms with Crippen molar-refractivity contribution in [2.24, 2.45) is 5.10 Å². The number of rotatable bonds is 8. The van der Waals surface area contributed by atoms with Gasteiger partial charge in [0.05, 0.1) is 42.3 Å². The molecule has 178 valence electrons. The Morgan fingerprint density at radius 2 is 1.74 bits per heavy atom. The van der Waals surface area contributed by atoms with Gasteiger partial charge in [-0.2, -0.15) is 5.10 Å². The SMILES string of the molecule is COc1ccc(-n2c(SCC(=O)NN=C(C)c3cccc(OC)c3)nc3ccccc3c2=O)cc1. The van der Waals surface area contributed by atoms with Gasteiger partial charge in [-0.1, -0.05) is 36.0 Å². The minimum absolute atomic E-state index is 0.0236. The third-order valence-corrected chi connectivity index (χ3v) is 6.18. The Kier molecular flexibility index (Phi) is 7.47. The van der Waals surface area contributed by atoms with Crippen LogP contribution in [0.25, 0.3) is 16.6 Å². The van der Waals surface area contributed by atoms with Crippen molar-refractivity contribution in [3.63, 3.8) is 0 Å². The summed E-state index contributed by atoms with van der Waals surface area (Å²) in [6.45, 7) is 1.80. The van der Waals surface area contributed by atoms with Gasteiger partial charge < -0.3 is 9.47 Å². The van der Waals surface area contributed by atoms with Gasteiger partial charge in [0, 0.05) is 5.56 Å². The van der Waals surface area contributed by atoms with Crippen LogP contribution in [0, 0.1) is 0 Å². The molecule has 0 aliphatic carbocycles. The zero-order valence-electron chi connectivity index (χ0n) is 19.5. The maximum atomic E-state index is 13.3. The number of carbonyl (C=O) groups is 1. The van der Waals surface area contributed by atoms with Crippen molar-refractivity contribution in [1.29, 1.82) is 0 Å². The number of hydrazone groups is 1. The molecule has 4 aromatic rings. The molecular formula is C26H24N4O4S. The van der Waals surface area contributed by atoms with Crippen LogP contribution < -0.4 is 20.5 Å². The maximum Gasteiger partial charge on any atom is 0.266 e. The lowest BCUT2D eigenvalue weighted by atomic mass is 10.1. The van der Waals surface area contributed by atoms with Gasteiger partial charge in [-0.15, -0.1) is 0 Å². The van der Waals surface area contributed by atoms with Crippen molar-refractivity contribution in [2.45, 2.75) is 12.1 Å². The fourth-order valence-electron chi connectivity index (χ4n) is 3.39. The molecule has 8 nitrogen and oxygen atoms in total. The molecule has 3 aromatic carbocycles. The third-order valence-electron chi connectivity index (χ3n) is 5.24. The monoisotopic (exact) mass is 488 g/mol. The van der Waals surface area contributed by atoms with E-state index in [-0.39, 0.29) is 17.2 Å². The zero-order valence-corrected chi connectivity index (χ0v) is 20.3. The minimum atomic E-state index is -0.319. The molecular weight excluding hydrogens is 464 g/mol. The van der Waals surface area contributed by atoms with Gasteiger partial charge >= 0.3 is 0 Å². The standard InChI is InChI=1S/C26H24N4O4S/c1-17(18-7-6-8-21(15-18)34-3)28-29-24(31)16-35-26-27-23-10-5-4-9-22(23)25(32)30(26)19-11-13-20(33-2)14-12-19/h4-15H,16H2,1-3H3,(H,29,31). The number of carbonyl (C=O) groups excluding carboxylic acids is 1. The molecule has 0 aliphatic rings. The molecule has 0 fully saturated rings. The fraction of sp³-hybridized carbons (Fsp3) is 0.154. The van der Waals surface area contributed by atoms with Crippen molar-refractivity contribution >= 4 is 34.3 Å². The Morgan fingerprint density at radius 1 is 1.00 bits per heavy atom. The summed E-state index contributed by atoms with van der Waals surface area (Å²) in [5, 5.41) is 5.10. The number of hydrogen-bond donors (Lipinski definition) is 1. The molecule has 0 aliphatic heterocycles. The van der Waals surface area contributed by atoms with Crippen LogP contribution >= 0.6 is 11.8 Å². The molecule has 4 rings (SSSR count). The Balaban J connectivity index is 1.57. The van der Waals surface area contributed by atoms with E-state index in [0.717, 1.165) is 17.3 Å². The summed E-state index contributed by atoms with van der Waals surface area (Å²) < 4.78 is 12.0. The predicted octanol–water partition coefficient (Wildman–Crippen LogP) is 4.04. The second-order valence-electron chi connectivity index (χ2n) is 7.50. The van der Waals surface area contributed by atoms with E-state index in [1.807, 2.05) is 30.3 Å². The van der Waals surface area contributed by atoms with Crippen molar-refractivity contribution in [1.82, 2.24) is 15.0 Å². The van der Waals surface area contributed by atoms with Crippen molar-refractivity contribution in [3.8, 4) is 17.2 Å². The molecule has 1 amide bonds. The lowest BCUT2D eigenvalue weighted by molar-refractivity contribution is -0.118. The normalized spacial score (nSPS) is 11.3. The topological polar surface area (TPSA) is 94.8 Å². The quantitative estimate of drug-likeness (QED) is 0.174. The van der Waals surface area contributed by atoms with E-state index >= 15 is 0 Å². The smallest absolute Gasteiger partial charge is 0.266 e. The largest absolute Gasteiger partial charge is 0.497 e. The average Bonchev–Trinajstić information content (AvgIpc) is 2.90. The van der Waals surface area contributed by atoms with Crippen LogP contribution in [0.5, 0.6) is 11.5 Å². The second kappa shape index (κ2) is 10.9. The summed E-state index contributed by atoms with van der Waals surface area (Å²) in [5.74, 6) is 1.09. The Labute approximate surface area is 206 Å². The molecule has 35 heavy (non-hydrogen) atoms. The molecule has 1 heterocycles. The minimum Gasteiger partial charge on any atom is -0.497 e. The maximum absolute atomic E-state index is 13.3. The van der Waals surface area contributed by atoms with E-state index in [0.29, 0.717) is 39.0 Å². The number of fused-ring (bicyclic) bond motifs is 1. The highest BCUT2D eigenvalue weighted by Crippen LogP contribution is 2.23. The first kappa shape index (κ1) is 24.0. The molecule has 0 bridgehead atoms. The first-order chi connectivity index (χ1) is 17.0. The summed E-state index contributed by atoms with van der Waals surface area (Å²) in [5.41, 5.74) is 5.03. The van der Waals surface area contributed by atoms with Crippen LogP contribution in [-0.2, 0) is 4.79 Å². The number of methoxy groups -OCH3 is 2. The van der Waals surface area contributed by atoms with E-state index in [4.69, 9.17) is 9.47 Å². The average molecular weight is 489 g/mol. The number of ether oxygens (including phenoxy) is 2. The third kappa shape index (κ3) is 5.52. The Bertz CT molecular complexity index is 1450. The number of aromatic nitrogens is 2. The van der Waals surface area contributed by atoms with E-state index in [1.54, 1.807) is 63.6 Å². The van der Waals surface area contributed by atoms with Crippen molar-refractivity contribution in [3.05, 3.63) is 88.7 Å².